The second-order valence-corrected chi connectivity index (χ2v) is 10.6. The van der Waals surface area contributed by atoms with Crippen LogP contribution in [-0.4, -0.2) is 80.6 Å². The van der Waals surface area contributed by atoms with E-state index >= 15 is 0 Å². The highest BCUT2D eigenvalue weighted by molar-refractivity contribution is 6.02. The van der Waals surface area contributed by atoms with Gasteiger partial charge in [-0.25, -0.2) is 0 Å². The number of rotatable bonds is 8. The van der Waals surface area contributed by atoms with E-state index in [9.17, 15) is 14.4 Å². The molecule has 0 aromatic heterocycles. The highest BCUT2D eigenvalue weighted by Crippen LogP contribution is 2.35. The van der Waals surface area contributed by atoms with Gasteiger partial charge in [0.05, 0.1) is 24.9 Å². The van der Waals surface area contributed by atoms with Crippen LogP contribution in [0.1, 0.15) is 33.1 Å². The van der Waals surface area contributed by atoms with Gasteiger partial charge in [-0.1, -0.05) is 42.5 Å². The van der Waals surface area contributed by atoms with E-state index in [-0.39, 0.29) is 31.0 Å². The first kappa shape index (κ1) is 28.3. The molecule has 0 bridgehead atoms. The summed E-state index contributed by atoms with van der Waals surface area (Å²) >= 11 is 0. The maximum absolute atomic E-state index is 13.8. The molecule has 0 saturated carbocycles. The molecule has 2 heterocycles. The van der Waals surface area contributed by atoms with Crippen molar-refractivity contribution in [1.29, 1.82) is 0 Å². The van der Waals surface area contributed by atoms with Crippen molar-refractivity contribution in [3.05, 3.63) is 82.9 Å². The standard InChI is InChI=1S/C32H36N4O5/c1-21-16-27-29(17-22(21)2)41-20-31(38)36(27)19-30(37)34(3)28(18-35-12-14-40-15-13-35)24-10-8-23(9-11-24)25-6-4-5-7-26(25)32(33)39/h4-11,16-17,28H,12-15,18-20H2,1-3H3,(H2,33,39). The van der Waals surface area contributed by atoms with Gasteiger partial charge in [0.25, 0.3) is 5.91 Å². The Bertz CT molecular complexity index is 1450. The summed E-state index contributed by atoms with van der Waals surface area (Å²) < 4.78 is 11.2. The largest absolute Gasteiger partial charge is 0.482 e. The van der Waals surface area contributed by atoms with Crippen molar-refractivity contribution >= 4 is 23.4 Å². The molecular formula is C32H36N4O5. The molecule has 2 aliphatic rings. The third kappa shape index (κ3) is 6.11. The molecule has 3 aromatic carbocycles. The Hall–Kier alpha value is -4.21. The highest BCUT2D eigenvalue weighted by Gasteiger charge is 2.32. The lowest BCUT2D eigenvalue weighted by molar-refractivity contribution is -0.133. The van der Waals surface area contributed by atoms with Crippen LogP contribution in [0.4, 0.5) is 5.69 Å². The summed E-state index contributed by atoms with van der Waals surface area (Å²) in [4.78, 5) is 44.2. The normalized spacial score (nSPS) is 16.1. The van der Waals surface area contributed by atoms with Crippen LogP contribution >= 0.6 is 0 Å². The molecule has 3 aromatic rings. The average molecular weight is 557 g/mol. The molecular weight excluding hydrogens is 520 g/mol. The molecule has 1 fully saturated rings. The number of likely N-dealkylation sites (N-methyl/N-ethyl adjacent to an activating group) is 1. The summed E-state index contributed by atoms with van der Waals surface area (Å²) in [6.07, 6.45) is 0. The van der Waals surface area contributed by atoms with Gasteiger partial charge in [-0.15, -0.1) is 0 Å². The number of fused-ring (bicyclic) bond motifs is 1. The Morgan fingerprint density at radius 1 is 1.00 bits per heavy atom. The zero-order chi connectivity index (χ0) is 29.1. The summed E-state index contributed by atoms with van der Waals surface area (Å²) in [6, 6.07) is 18.7. The van der Waals surface area contributed by atoms with E-state index in [1.807, 2.05) is 62.4 Å². The van der Waals surface area contributed by atoms with Gasteiger partial charge in [-0.2, -0.15) is 0 Å². The van der Waals surface area contributed by atoms with Gasteiger partial charge in [0.15, 0.2) is 6.61 Å². The summed E-state index contributed by atoms with van der Waals surface area (Å²) in [5.41, 5.74) is 11.3. The van der Waals surface area contributed by atoms with Crippen LogP contribution in [0.15, 0.2) is 60.7 Å². The van der Waals surface area contributed by atoms with Crippen LogP contribution in [0.5, 0.6) is 5.75 Å². The van der Waals surface area contributed by atoms with Gasteiger partial charge in [-0.05, 0) is 59.9 Å². The third-order valence-corrected chi connectivity index (χ3v) is 8.01. The highest BCUT2D eigenvalue weighted by atomic mass is 16.5. The Morgan fingerprint density at radius 2 is 1.68 bits per heavy atom. The van der Waals surface area contributed by atoms with Gasteiger partial charge < -0.3 is 20.1 Å². The number of primary amides is 1. The lowest BCUT2D eigenvalue weighted by Gasteiger charge is -2.37. The number of ether oxygens (including phenoxy) is 2. The van der Waals surface area contributed by atoms with Crippen molar-refractivity contribution in [2.45, 2.75) is 19.9 Å². The van der Waals surface area contributed by atoms with E-state index in [1.54, 1.807) is 24.1 Å². The molecule has 214 valence electrons. The Balaban J connectivity index is 1.42. The van der Waals surface area contributed by atoms with Crippen LogP contribution in [-0.2, 0) is 14.3 Å². The fourth-order valence-electron chi connectivity index (χ4n) is 5.36. The predicted octanol–water partition coefficient (Wildman–Crippen LogP) is 3.33. The van der Waals surface area contributed by atoms with Crippen LogP contribution < -0.4 is 15.4 Å². The molecule has 0 spiro atoms. The first-order valence-corrected chi connectivity index (χ1v) is 13.8. The fourth-order valence-corrected chi connectivity index (χ4v) is 5.36. The molecule has 9 nitrogen and oxygen atoms in total. The Kier molecular flexibility index (Phi) is 8.37. The predicted molar refractivity (Wildman–Crippen MR) is 157 cm³/mol. The number of benzene rings is 3. The van der Waals surface area contributed by atoms with Crippen LogP contribution in [0, 0.1) is 13.8 Å². The van der Waals surface area contributed by atoms with Crippen molar-refractivity contribution in [3.63, 3.8) is 0 Å². The van der Waals surface area contributed by atoms with Crippen molar-refractivity contribution in [3.8, 4) is 16.9 Å². The number of carbonyl (C=O) groups is 3. The number of morpholine rings is 1. The topological polar surface area (TPSA) is 105 Å². The van der Waals surface area contributed by atoms with Crippen molar-refractivity contribution in [2.24, 2.45) is 5.73 Å². The van der Waals surface area contributed by atoms with Gasteiger partial charge in [0, 0.05) is 32.2 Å². The maximum atomic E-state index is 13.8. The third-order valence-electron chi connectivity index (χ3n) is 8.01. The quantitative estimate of drug-likeness (QED) is 0.457. The number of carbonyl (C=O) groups excluding carboxylic acids is 3. The monoisotopic (exact) mass is 556 g/mol. The molecule has 1 unspecified atom stereocenters. The summed E-state index contributed by atoms with van der Waals surface area (Å²) in [7, 11) is 1.79. The maximum Gasteiger partial charge on any atom is 0.265 e. The zero-order valence-corrected chi connectivity index (χ0v) is 23.8. The van der Waals surface area contributed by atoms with Crippen LogP contribution in [0.3, 0.4) is 0 Å². The fraction of sp³-hybridized carbons (Fsp3) is 0.344. The molecule has 0 radical (unpaired) electrons. The first-order chi connectivity index (χ1) is 19.7. The number of amides is 3. The van der Waals surface area contributed by atoms with E-state index in [4.69, 9.17) is 15.2 Å². The van der Waals surface area contributed by atoms with Crippen molar-refractivity contribution in [1.82, 2.24) is 9.80 Å². The molecule has 0 aliphatic carbocycles. The molecule has 1 atom stereocenters. The summed E-state index contributed by atoms with van der Waals surface area (Å²) in [5, 5.41) is 0. The minimum absolute atomic E-state index is 0.0854. The number of hydrogen-bond donors (Lipinski definition) is 1. The number of hydrogen-bond acceptors (Lipinski definition) is 6. The van der Waals surface area contributed by atoms with E-state index in [0.717, 1.165) is 40.9 Å². The van der Waals surface area contributed by atoms with Gasteiger partial charge in [0.2, 0.25) is 11.8 Å². The van der Waals surface area contributed by atoms with Crippen LogP contribution in [0.25, 0.3) is 11.1 Å². The minimum Gasteiger partial charge on any atom is -0.482 e. The lowest BCUT2D eigenvalue weighted by atomic mass is 9.96. The Labute approximate surface area is 240 Å². The molecule has 5 rings (SSSR count). The summed E-state index contributed by atoms with van der Waals surface area (Å²) in [5.74, 6) is -0.292. The number of nitrogens with two attached hydrogens (primary N) is 1. The summed E-state index contributed by atoms with van der Waals surface area (Å²) in [6.45, 7) is 7.24. The molecule has 41 heavy (non-hydrogen) atoms. The molecule has 9 heteroatoms. The van der Waals surface area contributed by atoms with E-state index in [1.165, 1.54) is 4.90 Å². The van der Waals surface area contributed by atoms with E-state index in [2.05, 4.69) is 4.90 Å². The van der Waals surface area contributed by atoms with E-state index in [0.29, 0.717) is 36.8 Å². The molecule has 2 aliphatic heterocycles. The van der Waals surface area contributed by atoms with Crippen LogP contribution in [0.2, 0.25) is 0 Å². The smallest absolute Gasteiger partial charge is 0.265 e. The van der Waals surface area contributed by atoms with Gasteiger partial charge in [0.1, 0.15) is 12.3 Å². The number of aryl methyl sites for hydroxylation is 2. The second-order valence-electron chi connectivity index (χ2n) is 10.6. The van der Waals surface area contributed by atoms with Gasteiger partial charge in [-0.3, -0.25) is 24.2 Å². The molecule has 3 amide bonds. The second kappa shape index (κ2) is 12.1. The Morgan fingerprint density at radius 3 is 2.39 bits per heavy atom. The van der Waals surface area contributed by atoms with Crippen molar-refractivity contribution < 1.29 is 23.9 Å². The lowest BCUT2D eigenvalue weighted by Crippen LogP contribution is -2.48. The SMILES string of the molecule is Cc1cc2c(cc1C)N(CC(=O)N(C)C(CN1CCOCC1)c1ccc(-c3ccccc3C(N)=O)cc1)C(=O)CO2. The zero-order valence-electron chi connectivity index (χ0n) is 23.8. The average Bonchev–Trinajstić information content (AvgIpc) is 2.98. The van der Waals surface area contributed by atoms with E-state index < -0.39 is 5.91 Å². The number of nitrogens with zero attached hydrogens (tertiary/aromatic N) is 3. The van der Waals surface area contributed by atoms with Crippen molar-refractivity contribution in [2.75, 3.05) is 57.9 Å². The minimum atomic E-state index is -0.482. The molecule has 2 N–H and O–H groups in total. The number of anilines is 1. The molecule has 1 saturated heterocycles. The van der Waals surface area contributed by atoms with Gasteiger partial charge >= 0.3 is 0 Å². The first-order valence-electron chi connectivity index (χ1n) is 13.8.